The SMILES string of the molecule is O[C@H]1CCCN(C2(c3cc4ccccc4s3)CCCCC2)C1. The summed E-state index contributed by atoms with van der Waals surface area (Å²) in [5.74, 6) is 0. The second-order valence-corrected chi connectivity index (χ2v) is 8.07. The lowest BCUT2D eigenvalue weighted by atomic mass is 9.78. The summed E-state index contributed by atoms with van der Waals surface area (Å²) < 4.78 is 1.40. The zero-order valence-corrected chi connectivity index (χ0v) is 13.9. The standard InChI is InChI=1S/C19H25NOS/c21-16-8-6-12-20(14-16)19(10-4-1-5-11-19)18-13-15-7-2-3-9-17(15)22-18/h2-3,7,9,13,16,21H,1,4-6,8,10-12,14H2/t16-/m0/s1. The molecule has 2 heterocycles. The van der Waals surface area contributed by atoms with E-state index in [1.165, 1.54) is 47.1 Å². The second kappa shape index (κ2) is 5.95. The molecule has 0 amide bonds. The van der Waals surface area contributed by atoms with Gasteiger partial charge < -0.3 is 5.11 Å². The van der Waals surface area contributed by atoms with Crippen LogP contribution in [0.4, 0.5) is 0 Å². The van der Waals surface area contributed by atoms with Gasteiger partial charge in [0.25, 0.3) is 0 Å². The van der Waals surface area contributed by atoms with E-state index in [1.54, 1.807) is 0 Å². The molecule has 22 heavy (non-hydrogen) atoms. The van der Waals surface area contributed by atoms with Crippen LogP contribution in [0.3, 0.4) is 0 Å². The summed E-state index contributed by atoms with van der Waals surface area (Å²) in [4.78, 5) is 4.15. The topological polar surface area (TPSA) is 23.5 Å². The number of hydrogen-bond acceptors (Lipinski definition) is 3. The zero-order chi connectivity index (χ0) is 15.0. The first-order valence-corrected chi connectivity index (χ1v) is 9.52. The summed E-state index contributed by atoms with van der Waals surface area (Å²) in [6.45, 7) is 2.00. The van der Waals surface area contributed by atoms with Crippen LogP contribution in [0.1, 0.15) is 49.8 Å². The molecule has 1 aliphatic carbocycles. The van der Waals surface area contributed by atoms with E-state index in [-0.39, 0.29) is 11.6 Å². The van der Waals surface area contributed by atoms with Crippen LogP contribution < -0.4 is 0 Å². The number of aliphatic hydroxyl groups is 1. The molecule has 0 spiro atoms. The van der Waals surface area contributed by atoms with Crippen LogP contribution in [0.2, 0.25) is 0 Å². The highest BCUT2D eigenvalue weighted by atomic mass is 32.1. The molecule has 2 aliphatic rings. The van der Waals surface area contributed by atoms with Gasteiger partial charge in [0.2, 0.25) is 0 Å². The van der Waals surface area contributed by atoms with Crippen molar-refractivity contribution in [3.8, 4) is 0 Å². The van der Waals surface area contributed by atoms with Crippen LogP contribution in [0, 0.1) is 0 Å². The van der Waals surface area contributed by atoms with Crippen LogP contribution in [-0.4, -0.2) is 29.2 Å². The van der Waals surface area contributed by atoms with Gasteiger partial charge in [0.15, 0.2) is 0 Å². The Labute approximate surface area is 136 Å². The molecule has 0 bridgehead atoms. The highest BCUT2D eigenvalue weighted by molar-refractivity contribution is 7.19. The Kier molecular flexibility index (Phi) is 3.97. The number of likely N-dealkylation sites (tertiary alicyclic amines) is 1. The summed E-state index contributed by atoms with van der Waals surface area (Å²) in [6, 6.07) is 11.2. The van der Waals surface area contributed by atoms with Gasteiger partial charge in [-0.15, -0.1) is 11.3 Å². The van der Waals surface area contributed by atoms with Crippen LogP contribution in [-0.2, 0) is 5.54 Å². The Morgan fingerprint density at radius 3 is 2.68 bits per heavy atom. The predicted molar refractivity (Wildman–Crippen MR) is 93.4 cm³/mol. The van der Waals surface area contributed by atoms with Crippen molar-refractivity contribution >= 4 is 21.4 Å². The minimum Gasteiger partial charge on any atom is -0.392 e. The summed E-state index contributed by atoms with van der Waals surface area (Å²) in [7, 11) is 0. The van der Waals surface area contributed by atoms with Crippen molar-refractivity contribution in [3.05, 3.63) is 35.2 Å². The highest BCUT2D eigenvalue weighted by Crippen LogP contribution is 2.47. The largest absolute Gasteiger partial charge is 0.392 e. The molecule has 118 valence electrons. The lowest BCUT2D eigenvalue weighted by Crippen LogP contribution is -2.52. The van der Waals surface area contributed by atoms with Crippen molar-refractivity contribution in [2.24, 2.45) is 0 Å². The number of thiophene rings is 1. The summed E-state index contributed by atoms with van der Waals surface area (Å²) in [5, 5.41) is 11.6. The van der Waals surface area contributed by atoms with E-state index in [1.807, 2.05) is 11.3 Å². The van der Waals surface area contributed by atoms with Crippen LogP contribution in [0.5, 0.6) is 0 Å². The number of piperidine rings is 1. The van der Waals surface area contributed by atoms with Gasteiger partial charge in [-0.3, -0.25) is 4.90 Å². The number of nitrogens with zero attached hydrogens (tertiary/aromatic N) is 1. The number of hydrogen-bond donors (Lipinski definition) is 1. The van der Waals surface area contributed by atoms with E-state index in [0.29, 0.717) is 0 Å². The molecule has 1 saturated heterocycles. The first-order chi connectivity index (χ1) is 10.8. The monoisotopic (exact) mass is 315 g/mol. The molecule has 4 rings (SSSR count). The van der Waals surface area contributed by atoms with E-state index >= 15 is 0 Å². The number of rotatable bonds is 2. The maximum Gasteiger partial charge on any atom is 0.0667 e. The minimum atomic E-state index is -0.137. The molecule has 1 aromatic carbocycles. The van der Waals surface area contributed by atoms with Crippen molar-refractivity contribution in [1.29, 1.82) is 0 Å². The smallest absolute Gasteiger partial charge is 0.0667 e. The molecule has 1 N–H and O–H groups in total. The molecule has 0 unspecified atom stereocenters. The van der Waals surface area contributed by atoms with Gasteiger partial charge in [0, 0.05) is 16.1 Å². The van der Waals surface area contributed by atoms with E-state index < -0.39 is 0 Å². The Morgan fingerprint density at radius 2 is 1.91 bits per heavy atom. The van der Waals surface area contributed by atoms with Crippen LogP contribution in [0.15, 0.2) is 30.3 Å². The van der Waals surface area contributed by atoms with E-state index in [0.717, 1.165) is 25.9 Å². The van der Waals surface area contributed by atoms with Crippen LogP contribution in [0.25, 0.3) is 10.1 Å². The molecule has 1 saturated carbocycles. The van der Waals surface area contributed by atoms with Gasteiger partial charge in [-0.25, -0.2) is 0 Å². The lowest BCUT2D eigenvalue weighted by molar-refractivity contribution is -0.0193. The van der Waals surface area contributed by atoms with Gasteiger partial charge in [-0.2, -0.15) is 0 Å². The third-order valence-corrected chi connectivity index (χ3v) is 6.88. The number of benzene rings is 1. The lowest BCUT2D eigenvalue weighted by Gasteiger charge is -2.48. The average Bonchev–Trinajstić information content (AvgIpc) is 3.00. The molecule has 0 radical (unpaired) electrons. The summed E-state index contributed by atoms with van der Waals surface area (Å²) in [6.07, 6.45) is 8.48. The maximum absolute atomic E-state index is 10.2. The van der Waals surface area contributed by atoms with E-state index in [2.05, 4.69) is 35.2 Å². The Morgan fingerprint density at radius 1 is 1.09 bits per heavy atom. The van der Waals surface area contributed by atoms with Crippen molar-refractivity contribution in [2.45, 2.75) is 56.6 Å². The van der Waals surface area contributed by atoms with E-state index in [9.17, 15) is 5.11 Å². The van der Waals surface area contributed by atoms with Crippen molar-refractivity contribution in [3.63, 3.8) is 0 Å². The molecular formula is C19H25NOS. The fourth-order valence-corrected chi connectivity index (χ4v) is 5.75. The molecule has 3 heteroatoms. The first kappa shape index (κ1) is 14.7. The first-order valence-electron chi connectivity index (χ1n) is 8.70. The molecule has 1 aliphatic heterocycles. The summed E-state index contributed by atoms with van der Waals surface area (Å²) >= 11 is 1.97. The fraction of sp³-hybridized carbons (Fsp3) is 0.579. The van der Waals surface area contributed by atoms with Gasteiger partial charge in [-0.05, 0) is 49.7 Å². The Bertz CT molecular complexity index is 611. The minimum absolute atomic E-state index is 0.137. The van der Waals surface area contributed by atoms with Crippen molar-refractivity contribution in [2.75, 3.05) is 13.1 Å². The molecular weight excluding hydrogens is 290 g/mol. The van der Waals surface area contributed by atoms with E-state index in [4.69, 9.17) is 0 Å². The third-order valence-electron chi connectivity index (χ3n) is 5.57. The third kappa shape index (κ3) is 2.49. The maximum atomic E-state index is 10.2. The average molecular weight is 315 g/mol. The Hall–Kier alpha value is -0.900. The quantitative estimate of drug-likeness (QED) is 0.881. The molecule has 2 fully saturated rings. The van der Waals surface area contributed by atoms with Gasteiger partial charge in [0.05, 0.1) is 11.6 Å². The van der Waals surface area contributed by atoms with Gasteiger partial charge >= 0.3 is 0 Å². The van der Waals surface area contributed by atoms with Gasteiger partial charge in [0.1, 0.15) is 0 Å². The molecule has 2 aromatic rings. The predicted octanol–water partition coefficient (Wildman–Crippen LogP) is 4.52. The van der Waals surface area contributed by atoms with Crippen molar-refractivity contribution < 1.29 is 5.11 Å². The Balaban J connectivity index is 1.76. The van der Waals surface area contributed by atoms with Gasteiger partial charge in [-0.1, -0.05) is 37.5 Å². The summed E-state index contributed by atoms with van der Waals surface area (Å²) in [5.41, 5.74) is 0.184. The zero-order valence-electron chi connectivity index (χ0n) is 13.1. The molecule has 1 aromatic heterocycles. The number of fused-ring (bicyclic) bond motifs is 1. The molecule has 1 atom stereocenters. The number of β-amino-alcohol motifs (C(OH)–C–C–N with tert-alkyl or cyclic N) is 1. The second-order valence-electron chi connectivity index (χ2n) is 6.98. The highest BCUT2D eigenvalue weighted by Gasteiger charge is 2.42. The number of aliphatic hydroxyl groups excluding tert-OH is 1. The van der Waals surface area contributed by atoms with Crippen LogP contribution >= 0.6 is 11.3 Å². The normalized spacial score (nSPS) is 26.3. The van der Waals surface area contributed by atoms with Crippen molar-refractivity contribution in [1.82, 2.24) is 4.90 Å². The fourth-order valence-electron chi connectivity index (χ4n) is 4.41. The molecule has 2 nitrogen and oxygen atoms in total.